The van der Waals surface area contributed by atoms with Gasteiger partial charge in [0.2, 0.25) is 11.8 Å². The molecule has 0 rings (SSSR count). The van der Waals surface area contributed by atoms with Gasteiger partial charge in [-0.15, -0.1) is 0 Å². The molecule has 0 spiro atoms. The van der Waals surface area contributed by atoms with Crippen LogP contribution in [0.25, 0.3) is 0 Å². The van der Waals surface area contributed by atoms with E-state index in [0.29, 0.717) is 0 Å². The van der Waals surface area contributed by atoms with Crippen molar-refractivity contribution >= 4 is 11.8 Å². The summed E-state index contributed by atoms with van der Waals surface area (Å²) in [6, 6.07) is 0. The maximum Gasteiger partial charge on any atom is 0.247 e. The molecule has 0 aromatic heterocycles. The summed E-state index contributed by atoms with van der Waals surface area (Å²) in [7, 11) is 0. The second-order valence-corrected chi connectivity index (χ2v) is 3.44. The molecule has 0 aliphatic carbocycles. The van der Waals surface area contributed by atoms with E-state index in [0.717, 1.165) is 26.1 Å². The number of nitrogens with one attached hydrogen (secondary N) is 2. The predicted molar refractivity (Wildman–Crippen MR) is 76.0 cm³/mol. The van der Waals surface area contributed by atoms with E-state index in [1.165, 1.54) is 0 Å². The molecule has 0 bridgehead atoms. The van der Waals surface area contributed by atoms with Crippen LogP contribution in [0.5, 0.6) is 0 Å². The van der Waals surface area contributed by atoms with Crippen LogP contribution in [0.1, 0.15) is 26.7 Å². The number of carbonyl (C=O) groups is 2. The van der Waals surface area contributed by atoms with E-state index in [9.17, 15) is 9.59 Å². The van der Waals surface area contributed by atoms with Gasteiger partial charge in [-0.2, -0.15) is 0 Å². The van der Waals surface area contributed by atoms with Gasteiger partial charge in [-0.3, -0.25) is 9.59 Å². The first kappa shape index (κ1) is 24.7. The zero-order valence-corrected chi connectivity index (χ0v) is 12.7. The first-order valence-corrected chi connectivity index (χ1v) is 6.58. The summed E-state index contributed by atoms with van der Waals surface area (Å²) in [6.45, 7) is 4.12. The summed E-state index contributed by atoms with van der Waals surface area (Å²) in [6.07, 6.45) is 2.28. The lowest BCUT2D eigenvalue weighted by atomic mass is 10.5. The van der Waals surface area contributed by atoms with Gasteiger partial charge in [0.15, 0.2) is 0 Å². The van der Waals surface area contributed by atoms with Crippen molar-refractivity contribution in [3.8, 4) is 0 Å². The Morgan fingerprint density at radius 1 is 0.810 bits per heavy atom. The van der Waals surface area contributed by atoms with E-state index in [-0.39, 0.29) is 0 Å². The topological polar surface area (TPSA) is 148 Å². The van der Waals surface area contributed by atoms with E-state index >= 15 is 0 Å². The molecular formula is C12H28N2O7. The molecule has 128 valence electrons. The molecule has 0 saturated heterocycles. The molecular weight excluding hydrogens is 284 g/mol. The van der Waals surface area contributed by atoms with E-state index < -0.39 is 38.5 Å². The van der Waals surface area contributed by atoms with Gasteiger partial charge >= 0.3 is 0 Å². The van der Waals surface area contributed by atoms with Gasteiger partial charge in [0.05, 0.1) is 0 Å². The summed E-state index contributed by atoms with van der Waals surface area (Å²) in [5.74, 6) is -1.13. The smallest absolute Gasteiger partial charge is 0.247 e. The number of hydrogen-bond donors (Lipinski definition) is 6. The fraction of sp³-hybridized carbons (Fsp3) is 0.833. The van der Waals surface area contributed by atoms with Crippen molar-refractivity contribution in [2.75, 3.05) is 39.9 Å². The normalized spacial score (nSPS) is 8.67. The number of aliphatic hydroxyl groups excluding tert-OH is 4. The summed E-state index contributed by atoms with van der Waals surface area (Å²) >= 11 is 0. The molecule has 9 nitrogen and oxygen atoms in total. The highest BCUT2D eigenvalue weighted by Gasteiger charge is 1.91. The van der Waals surface area contributed by atoms with Gasteiger partial charge in [-0.1, -0.05) is 13.8 Å². The Kier molecular flexibility index (Phi) is 28.0. The lowest BCUT2D eigenvalue weighted by molar-refractivity contribution is -0.125. The number of amides is 2. The van der Waals surface area contributed by atoms with Crippen LogP contribution in [0, 0.1) is 0 Å². The van der Waals surface area contributed by atoms with Crippen molar-refractivity contribution in [2.24, 2.45) is 0 Å². The van der Waals surface area contributed by atoms with E-state index in [4.69, 9.17) is 25.2 Å². The summed E-state index contributed by atoms with van der Waals surface area (Å²) in [5.41, 5.74) is 0. The van der Waals surface area contributed by atoms with Crippen molar-refractivity contribution in [1.82, 2.24) is 10.6 Å². The number of ether oxygens (including phenoxy) is 1. The Morgan fingerprint density at radius 2 is 1.14 bits per heavy atom. The summed E-state index contributed by atoms with van der Waals surface area (Å²) < 4.78 is 5.13. The lowest BCUT2D eigenvalue weighted by Crippen LogP contribution is -2.26. The second-order valence-electron chi connectivity index (χ2n) is 3.44. The number of carbonyl (C=O) groups excluding carboxylic acids is 2. The van der Waals surface area contributed by atoms with Crippen LogP contribution < -0.4 is 10.6 Å². The molecule has 0 saturated carbocycles. The minimum Gasteiger partial charge on any atom is -0.387 e. The second kappa shape index (κ2) is 23.8. The van der Waals surface area contributed by atoms with Gasteiger partial charge in [-0.25, -0.2) is 0 Å². The minimum absolute atomic E-state index is 0.417. The van der Waals surface area contributed by atoms with Crippen LogP contribution in [-0.2, 0) is 14.3 Å². The van der Waals surface area contributed by atoms with Gasteiger partial charge in [0, 0.05) is 13.2 Å². The fourth-order valence-electron chi connectivity index (χ4n) is 0.679. The van der Waals surface area contributed by atoms with Gasteiger partial charge in [0.1, 0.15) is 26.7 Å². The van der Waals surface area contributed by atoms with Crippen molar-refractivity contribution in [2.45, 2.75) is 26.7 Å². The molecule has 0 unspecified atom stereocenters. The van der Waals surface area contributed by atoms with Crippen LogP contribution >= 0.6 is 0 Å². The van der Waals surface area contributed by atoms with Crippen LogP contribution in [0.15, 0.2) is 0 Å². The Morgan fingerprint density at radius 3 is 1.29 bits per heavy atom. The molecule has 0 aliphatic rings. The first-order valence-electron chi connectivity index (χ1n) is 6.58. The Balaban J connectivity index is -0.000000231. The Bertz CT molecular complexity index is 206. The maximum absolute atomic E-state index is 9.89. The maximum atomic E-state index is 9.89. The molecule has 0 heterocycles. The molecule has 9 heteroatoms. The van der Waals surface area contributed by atoms with Crippen molar-refractivity contribution in [1.29, 1.82) is 0 Å². The first-order chi connectivity index (χ1) is 10.0. The number of rotatable bonds is 8. The lowest BCUT2D eigenvalue weighted by Gasteiger charge is -1.95. The van der Waals surface area contributed by atoms with Crippen LogP contribution in [-0.4, -0.2) is 72.1 Å². The van der Waals surface area contributed by atoms with Gasteiger partial charge in [-0.05, 0) is 12.8 Å². The quantitative estimate of drug-likeness (QED) is 0.222. The summed E-state index contributed by atoms with van der Waals surface area (Å²) in [5, 5.41) is 35.7. The Labute approximate surface area is 124 Å². The molecule has 0 aromatic rings. The molecule has 6 N–H and O–H groups in total. The highest BCUT2D eigenvalue weighted by atomic mass is 16.5. The standard InChI is InChI=1S/C6H14O.2C3H7NO3/c1-3-5-7-6-4-2;2*5-1-3(7)4-2-6/h3-6H2,1-2H3;2*5-6H,1-2H2,(H,4,7). The third kappa shape index (κ3) is 32.4. The average Bonchev–Trinajstić information content (AvgIpc) is 2.49. The van der Waals surface area contributed by atoms with E-state index in [1.807, 2.05) is 10.6 Å². The number of hydrogen-bond acceptors (Lipinski definition) is 7. The summed E-state index contributed by atoms with van der Waals surface area (Å²) in [4.78, 5) is 19.8. The zero-order chi connectivity index (χ0) is 16.9. The third-order valence-electron chi connectivity index (χ3n) is 1.54. The minimum atomic E-state index is -0.569. The highest BCUT2D eigenvalue weighted by Crippen LogP contribution is 1.81. The largest absolute Gasteiger partial charge is 0.387 e. The molecule has 0 fully saturated rings. The molecule has 21 heavy (non-hydrogen) atoms. The van der Waals surface area contributed by atoms with E-state index in [2.05, 4.69) is 13.8 Å². The Hall–Kier alpha value is -1.26. The van der Waals surface area contributed by atoms with Crippen molar-refractivity contribution in [3.63, 3.8) is 0 Å². The molecule has 0 radical (unpaired) electrons. The van der Waals surface area contributed by atoms with E-state index in [1.54, 1.807) is 0 Å². The van der Waals surface area contributed by atoms with Crippen LogP contribution in [0.3, 0.4) is 0 Å². The number of aliphatic hydroxyl groups is 4. The van der Waals surface area contributed by atoms with Gasteiger partial charge in [0.25, 0.3) is 0 Å². The van der Waals surface area contributed by atoms with Crippen LogP contribution in [0.2, 0.25) is 0 Å². The average molecular weight is 312 g/mol. The molecule has 0 aliphatic heterocycles. The SMILES string of the molecule is CCCOCCC.O=C(CO)NCO.O=C(CO)NCO. The predicted octanol–water partition coefficient (Wildman–Crippen LogP) is -2.09. The highest BCUT2D eigenvalue weighted by molar-refractivity contribution is 5.76. The fourth-order valence-corrected chi connectivity index (χ4v) is 0.679. The molecule has 2 amide bonds. The van der Waals surface area contributed by atoms with Crippen molar-refractivity contribution < 1.29 is 34.8 Å². The van der Waals surface area contributed by atoms with Crippen LogP contribution in [0.4, 0.5) is 0 Å². The molecule has 0 aromatic carbocycles. The van der Waals surface area contributed by atoms with Crippen molar-refractivity contribution in [3.05, 3.63) is 0 Å². The monoisotopic (exact) mass is 312 g/mol. The van der Waals surface area contributed by atoms with Gasteiger partial charge < -0.3 is 35.8 Å². The third-order valence-corrected chi connectivity index (χ3v) is 1.54. The zero-order valence-electron chi connectivity index (χ0n) is 12.7. The molecule has 0 atom stereocenters.